The van der Waals surface area contributed by atoms with E-state index < -0.39 is 0 Å². The quantitative estimate of drug-likeness (QED) is 0.526. The minimum atomic E-state index is 0. The number of nitrogens with zero attached hydrogens (tertiary/aromatic N) is 2. The van der Waals surface area contributed by atoms with E-state index in [9.17, 15) is 0 Å². The Balaban J connectivity index is 0.00000162. The number of halogens is 2. The third kappa shape index (κ3) is 4.80. The van der Waals surface area contributed by atoms with Crippen LogP contribution >= 0.6 is 35.8 Å². The molecule has 2 heterocycles. The topological polar surface area (TPSA) is 47.0 Å². The Bertz CT molecular complexity index is 375. The lowest BCUT2D eigenvalue weighted by atomic mass is 9.99. The lowest BCUT2D eigenvalue weighted by Crippen LogP contribution is -2.30. The van der Waals surface area contributed by atoms with Crippen LogP contribution in [0.15, 0.2) is 11.2 Å². The maximum Gasteiger partial charge on any atom is 0.218 e. The van der Waals surface area contributed by atoms with Gasteiger partial charge in [0.05, 0.1) is 6.61 Å². The van der Waals surface area contributed by atoms with E-state index >= 15 is 0 Å². The molecule has 18 heavy (non-hydrogen) atoms. The van der Waals surface area contributed by atoms with Gasteiger partial charge in [0.1, 0.15) is 5.15 Å². The molecule has 1 aromatic rings. The van der Waals surface area contributed by atoms with Gasteiger partial charge in [0.25, 0.3) is 0 Å². The van der Waals surface area contributed by atoms with E-state index in [0.29, 0.717) is 28.7 Å². The lowest BCUT2D eigenvalue weighted by Gasteiger charge is -2.22. The van der Waals surface area contributed by atoms with E-state index in [2.05, 4.69) is 15.3 Å². The molecule has 7 heteroatoms. The molecule has 1 aromatic heterocycles. The van der Waals surface area contributed by atoms with Gasteiger partial charge >= 0.3 is 0 Å². The first-order valence-electron chi connectivity index (χ1n) is 5.70. The maximum atomic E-state index is 5.90. The van der Waals surface area contributed by atoms with Gasteiger partial charge in [-0.15, -0.1) is 12.4 Å². The van der Waals surface area contributed by atoms with Crippen LogP contribution in [0.25, 0.3) is 0 Å². The molecule has 1 aliphatic rings. The zero-order valence-corrected chi connectivity index (χ0v) is 12.6. The number of ether oxygens (including phenoxy) is 1. The Labute approximate surface area is 123 Å². The van der Waals surface area contributed by atoms with Gasteiger partial charge in [-0.3, -0.25) is 0 Å². The first kappa shape index (κ1) is 15.8. The van der Waals surface area contributed by atoms with Crippen molar-refractivity contribution in [3.63, 3.8) is 0 Å². The summed E-state index contributed by atoms with van der Waals surface area (Å²) in [4.78, 5) is 8.34. The van der Waals surface area contributed by atoms with Gasteiger partial charge in [-0.2, -0.15) is 4.98 Å². The monoisotopic (exact) mass is 309 g/mol. The first-order valence-corrected chi connectivity index (χ1v) is 7.30. The highest BCUT2D eigenvalue weighted by atomic mass is 35.5. The summed E-state index contributed by atoms with van der Waals surface area (Å²) < 4.78 is 5.69. The smallest absolute Gasteiger partial charge is 0.218 e. The number of hydrogen-bond donors (Lipinski definition) is 1. The molecule has 0 spiro atoms. The van der Waals surface area contributed by atoms with E-state index in [4.69, 9.17) is 16.3 Å². The predicted molar refractivity (Wildman–Crippen MR) is 77.2 cm³/mol. The molecule has 1 N–H and O–H groups in total. The summed E-state index contributed by atoms with van der Waals surface area (Å²) >= 11 is 7.36. The third-order valence-electron chi connectivity index (χ3n) is 2.76. The summed E-state index contributed by atoms with van der Waals surface area (Å²) in [6.45, 7) is 2.87. The van der Waals surface area contributed by atoms with Gasteiger partial charge in [-0.25, -0.2) is 4.98 Å². The van der Waals surface area contributed by atoms with Crippen molar-refractivity contribution in [2.24, 2.45) is 5.92 Å². The first-order chi connectivity index (χ1) is 8.28. The van der Waals surface area contributed by atoms with Gasteiger partial charge in [0.2, 0.25) is 5.88 Å². The molecular weight excluding hydrogens is 293 g/mol. The van der Waals surface area contributed by atoms with Gasteiger partial charge in [0.15, 0.2) is 5.16 Å². The predicted octanol–water partition coefficient (Wildman–Crippen LogP) is 2.65. The van der Waals surface area contributed by atoms with Crippen LogP contribution in [0.3, 0.4) is 0 Å². The Morgan fingerprint density at radius 1 is 1.44 bits per heavy atom. The fourth-order valence-electron chi connectivity index (χ4n) is 1.79. The van der Waals surface area contributed by atoms with Crippen molar-refractivity contribution in [3.05, 3.63) is 11.2 Å². The molecule has 0 unspecified atom stereocenters. The number of nitrogens with one attached hydrogen (secondary N) is 1. The van der Waals surface area contributed by atoms with Crippen LogP contribution in [0.4, 0.5) is 0 Å². The molecule has 0 atom stereocenters. The van der Waals surface area contributed by atoms with Crippen LogP contribution in [0, 0.1) is 5.92 Å². The van der Waals surface area contributed by atoms with Crippen LogP contribution in [0.5, 0.6) is 5.88 Å². The SMILES string of the molecule is CSc1nc(Cl)cc(OCC2CCNCC2)n1.Cl. The molecule has 4 nitrogen and oxygen atoms in total. The van der Waals surface area contributed by atoms with Crippen molar-refractivity contribution in [1.29, 1.82) is 0 Å². The zero-order valence-electron chi connectivity index (χ0n) is 10.2. The molecule has 1 aliphatic heterocycles. The van der Waals surface area contributed by atoms with E-state index in [0.717, 1.165) is 25.9 Å². The number of aromatic nitrogens is 2. The second-order valence-corrected chi connectivity index (χ2v) is 5.18. The number of thioether (sulfide) groups is 1. The van der Waals surface area contributed by atoms with Crippen molar-refractivity contribution < 1.29 is 4.74 Å². The highest BCUT2D eigenvalue weighted by Crippen LogP contribution is 2.20. The van der Waals surface area contributed by atoms with E-state index in [1.807, 2.05) is 6.26 Å². The molecule has 0 aromatic carbocycles. The number of hydrogen-bond acceptors (Lipinski definition) is 5. The van der Waals surface area contributed by atoms with Crippen molar-refractivity contribution in [2.45, 2.75) is 18.0 Å². The molecule has 0 radical (unpaired) electrons. The molecule has 2 rings (SSSR count). The minimum Gasteiger partial charge on any atom is -0.477 e. The second-order valence-electron chi connectivity index (χ2n) is 4.02. The van der Waals surface area contributed by atoms with Crippen molar-refractivity contribution in [3.8, 4) is 5.88 Å². The molecule has 0 amide bonds. The summed E-state index contributed by atoms with van der Waals surface area (Å²) in [6, 6.07) is 1.67. The Kier molecular flexibility index (Phi) is 7.07. The zero-order chi connectivity index (χ0) is 12.1. The standard InChI is InChI=1S/C11H16ClN3OS.ClH/c1-17-11-14-9(12)6-10(15-11)16-7-8-2-4-13-5-3-8;/h6,8,13H,2-5,7H2,1H3;1H. The van der Waals surface area contributed by atoms with Crippen molar-refractivity contribution in [1.82, 2.24) is 15.3 Å². The van der Waals surface area contributed by atoms with Gasteiger partial charge in [0, 0.05) is 6.07 Å². The molecular formula is C11H17Cl2N3OS. The largest absolute Gasteiger partial charge is 0.477 e. The Morgan fingerprint density at radius 2 is 2.17 bits per heavy atom. The van der Waals surface area contributed by atoms with Crippen LogP contribution in [-0.4, -0.2) is 35.9 Å². The third-order valence-corrected chi connectivity index (χ3v) is 3.50. The van der Waals surface area contributed by atoms with E-state index in [1.165, 1.54) is 11.8 Å². The van der Waals surface area contributed by atoms with Crippen LogP contribution < -0.4 is 10.1 Å². The van der Waals surface area contributed by atoms with Gasteiger partial charge in [-0.05, 0) is 38.1 Å². The number of rotatable bonds is 4. The fourth-order valence-corrected chi connectivity index (χ4v) is 2.39. The highest BCUT2D eigenvalue weighted by Gasteiger charge is 2.14. The van der Waals surface area contributed by atoms with Crippen LogP contribution in [0.2, 0.25) is 5.15 Å². The Morgan fingerprint density at radius 3 is 2.83 bits per heavy atom. The molecule has 0 saturated carbocycles. The second kappa shape index (κ2) is 8.04. The molecule has 102 valence electrons. The van der Waals surface area contributed by atoms with Crippen LogP contribution in [0.1, 0.15) is 12.8 Å². The summed E-state index contributed by atoms with van der Waals surface area (Å²) in [5.41, 5.74) is 0. The van der Waals surface area contributed by atoms with E-state index in [1.54, 1.807) is 6.07 Å². The van der Waals surface area contributed by atoms with Gasteiger partial charge in [-0.1, -0.05) is 23.4 Å². The highest BCUT2D eigenvalue weighted by molar-refractivity contribution is 7.98. The molecule has 0 aliphatic carbocycles. The average Bonchev–Trinajstić information content (AvgIpc) is 2.37. The summed E-state index contributed by atoms with van der Waals surface area (Å²) in [6.07, 6.45) is 4.24. The van der Waals surface area contributed by atoms with E-state index in [-0.39, 0.29) is 12.4 Å². The summed E-state index contributed by atoms with van der Waals surface area (Å²) in [7, 11) is 0. The summed E-state index contributed by atoms with van der Waals surface area (Å²) in [5, 5.41) is 4.42. The summed E-state index contributed by atoms with van der Waals surface area (Å²) in [5.74, 6) is 1.19. The van der Waals surface area contributed by atoms with Crippen LogP contribution in [-0.2, 0) is 0 Å². The van der Waals surface area contributed by atoms with Gasteiger partial charge < -0.3 is 10.1 Å². The molecule has 1 saturated heterocycles. The fraction of sp³-hybridized carbons (Fsp3) is 0.636. The normalized spacial score (nSPS) is 16.1. The maximum absolute atomic E-state index is 5.90. The number of piperidine rings is 1. The van der Waals surface area contributed by atoms with Crippen molar-refractivity contribution in [2.75, 3.05) is 26.0 Å². The molecule has 0 bridgehead atoms. The molecule has 1 fully saturated rings. The lowest BCUT2D eigenvalue weighted by molar-refractivity contribution is 0.207. The minimum absolute atomic E-state index is 0. The average molecular weight is 310 g/mol. The Hall–Kier alpha value is -0.230. The van der Waals surface area contributed by atoms with Crippen molar-refractivity contribution >= 4 is 35.8 Å².